The lowest BCUT2D eigenvalue weighted by Crippen LogP contribution is -2.38. The van der Waals surface area contributed by atoms with Gasteiger partial charge in [0.2, 0.25) is 0 Å². The van der Waals surface area contributed by atoms with Crippen molar-refractivity contribution in [3.8, 4) is 0 Å². The minimum atomic E-state index is -0.638. The molecule has 0 spiro atoms. The van der Waals surface area contributed by atoms with E-state index in [4.69, 9.17) is 18.9 Å². The fraction of sp³-hybridized carbons (Fsp3) is 0.917. The van der Waals surface area contributed by atoms with E-state index in [1.807, 2.05) is 55.4 Å². The molecule has 0 aliphatic heterocycles. The minimum absolute atomic E-state index is 0.0236. The third kappa shape index (κ3) is 9.13. The summed E-state index contributed by atoms with van der Waals surface area (Å²) in [6.45, 7) is 16.3. The third-order valence-corrected chi connectivity index (χ3v) is 6.03. The molecule has 6 heteroatoms. The van der Waals surface area contributed by atoms with E-state index in [9.17, 15) is 9.59 Å². The number of carbonyl (C=O) groups is 2. The topological polar surface area (TPSA) is 71.1 Å². The van der Waals surface area contributed by atoms with Crippen LogP contribution in [0.2, 0.25) is 0 Å². The van der Waals surface area contributed by atoms with Crippen LogP contribution in [0.25, 0.3) is 0 Å². The number of hydrogen-bond donors (Lipinski definition) is 0. The lowest BCUT2D eigenvalue weighted by molar-refractivity contribution is -0.0756. The number of hydrogen-bond acceptors (Lipinski definition) is 6. The van der Waals surface area contributed by atoms with Gasteiger partial charge in [-0.1, -0.05) is 54.9 Å². The Balaban J connectivity index is 2.48. The Bertz CT molecular complexity index is 514. The molecule has 0 radical (unpaired) electrons. The second-order valence-electron chi connectivity index (χ2n) is 10.1. The third-order valence-electron chi connectivity index (χ3n) is 6.03. The van der Waals surface area contributed by atoms with Crippen LogP contribution in [0.3, 0.4) is 0 Å². The molecule has 0 heterocycles. The van der Waals surface area contributed by atoms with Gasteiger partial charge in [-0.2, -0.15) is 0 Å². The molecule has 1 saturated carbocycles. The molecule has 1 rings (SSSR count). The zero-order valence-corrected chi connectivity index (χ0v) is 20.4. The first-order valence-corrected chi connectivity index (χ1v) is 11.7. The van der Waals surface area contributed by atoms with Crippen LogP contribution in [0, 0.1) is 23.7 Å². The van der Waals surface area contributed by atoms with Crippen LogP contribution in [0.15, 0.2) is 0 Å². The van der Waals surface area contributed by atoms with Crippen LogP contribution in [0.4, 0.5) is 9.59 Å². The van der Waals surface area contributed by atoms with Crippen LogP contribution in [-0.4, -0.2) is 36.7 Å². The van der Waals surface area contributed by atoms with Crippen LogP contribution in [0.1, 0.15) is 93.9 Å². The van der Waals surface area contributed by atoms with E-state index in [-0.39, 0.29) is 42.5 Å². The molecule has 0 saturated heterocycles. The van der Waals surface area contributed by atoms with E-state index in [0.29, 0.717) is 6.42 Å². The Labute approximate surface area is 183 Å². The van der Waals surface area contributed by atoms with Crippen molar-refractivity contribution in [2.45, 2.75) is 112 Å². The van der Waals surface area contributed by atoms with Crippen molar-refractivity contribution in [2.24, 2.45) is 23.7 Å². The number of carbonyl (C=O) groups excluding carboxylic acids is 2. The van der Waals surface area contributed by atoms with Gasteiger partial charge in [0.05, 0.1) is 6.61 Å². The molecule has 176 valence electrons. The largest absolute Gasteiger partial charge is 0.509 e. The Morgan fingerprint density at radius 2 is 1.27 bits per heavy atom. The predicted molar refractivity (Wildman–Crippen MR) is 117 cm³/mol. The zero-order chi connectivity index (χ0) is 22.9. The van der Waals surface area contributed by atoms with E-state index < -0.39 is 17.9 Å². The van der Waals surface area contributed by atoms with Crippen molar-refractivity contribution in [3.05, 3.63) is 0 Å². The Hall–Kier alpha value is -1.46. The molecular weight excluding hydrogens is 384 g/mol. The summed E-state index contributed by atoms with van der Waals surface area (Å²) in [5.74, 6) is 0.611. The highest BCUT2D eigenvalue weighted by Crippen LogP contribution is 2.32. The zero-order valence-electron chi connectivity index (χ0n) is 20.4. The fourth-order valence-electron chi connectivity index (χ4n) is 4.33. The van der Waals surface area contributed by atoms with Crippen molar-refractivity contribution in [2.75, 3.05) is 6.61 Å². The number of rotatable bonds is 10. The molecule has 1 aliphatic rings. The summed E-state index contributed by atoms with van der Waals surface area (Å²) in [6.07, 6.45) is 3.99. The first-order chi connectivity index (χ1) is 13.9. The summed E-state index contributed by atoms with van der Waals surface area (Å²) < 4.78 is 22.1. The van der Waals surface area contributed by atoms with Gasteiger partial charge >= 0.3 is 12.3 Å². The predicted octanol–water partition coefficient (Wildman–Crippen LogP) is 6.75. The first kappa shape index (κ1) is 26.6. The Kier molecular flexibility index (Phi) is 11.0. The van der Waals surface area contributed by atoms with E-state index in [2.05, 4.69) is 0 Å². The molecule has 1 aliphatic carbocycles. The van der Waals surface area contributed by atoms with Crippen molar-refractivity contribution in [3.63, 3.8) is 0 Å². The monoisotopic (exact) mass is 428 g/mol. The summed E-state index contributed by atoms with van der Waals surface area (Å²) in [7, 11) is 0. The van der Waals surface area contributed by atoms with Gasteiger partial charge in [0.1, 0.15) is 17.8 Å². The van der Waals surface area contributed by atoms with Gasteiger partial charge in [0.15, 0.2) is 0 Å². The van der Waals surface area contributed by atoms with Crippen LogP contribution in [-0.2, 0) is 18.9 Å². The molecule has 0 amide bonds. The van der Waals surface area contributed by atoms with E-state index in [0.717, 1.165) is 25.7 Å². The maximum Gasteiger partial charge on any atom is 0.509 e. The van der Waals surface area contributed by atoms with E-state index in [1.165, 1.54) is 6.42 Å². The summed E-state index contributed by atoms with van der Waals surface area (Å²) in [4.78, 5) is 24.4. The first-order valence-electron chi connectivity index (χ1n) is 11.7. The van der Waals surface area contributed by atoms with E-state index >= 15 is 0 Å². The van der Waals surface area contributed by atoms with Crippen molar-refractivity contribution in [1.82, 2.24) is 0 Å². The summed E-state index contributed by atoms with van der Waals surface area (Å²) in [6, 6.07) is 0. The lowest BCUT2D eigenvalue weighted by Gasteiger charge is -2.34. The Morgan fingerprint density at radius 1 is 0.767 bits per heavy atom. The highest BCUT2D eigenvalue weighted by molar-refractivity contribution is 5.61. The van der Waals surface area contributed by atoms with Gasteiger partial charge in [0, 0.05) is 0 Å². The summed E-state index contributed by atoms with van der Waals surface area (Å²) >= 11 is 0. The maximum absolute atomic E-state index is 12.4. The highest BCUT2D eigenvalue weighted by Gasteiger charge is 2.34. The fourth-order valence-corrected chi connectivity index (χ4v) is 4.33. The van der Waals surface area contributed by atoms with Crippen LogP contribution < -0.4 is 0 Å². The molecule has 2 atom stereocenters. The molecule has 30 heavy (non-hydrogen) atoms. The molecule has 0 bridgehead atoms. The van der Waals surface area contributed by atoms with Gasteiger partial charge < -0.3 is 18.9 Å². The van der Waals surface area contributed by atoms with Crippen LogP contribution in [0.5, 0.6) is 0 Å². The molecule has 0 aromatic heterocycles. The average Bonchev–Trinajstić information content (AvgIpc) is 2.63. The minimum Gasteiger partial charge on any atom is -0.434 e. The van der Waals surface area contributed by atoms with Crippen molar-refractivity contribution >= 4 is 12.3 Å². The van der Waals surface area contributed by atoms with Gasteiger partial charge in [-0.05, 0) is 62.7 Å². The number of ether oxygens (including phenoxy) is 4. The molecule has 0 aromatic rings. The molecule has 0 aromatic carbocycles. The molecule has 1 fully saturated rings. The SMILES string of the molecule is CC(C)C(OC(=O)OCCC(C)C(OC(=O)OC1(C)CCCCC1)C(C)C)C(C)C. The standard InChI is InChI=1S/C24H44O6/c1-16(2)20(17(3)4)28-22(25)27-15-12-19(7)21(18(5)6)29-23(26)30-24(8)13-10-9-11-14-24/h16-21H,9-15H2,1-8H3. The van der Waals surface area contributed by atoms with Crippen molar-refractivity contribution in [1.29, 1.82) is 0 Å². The molecule has 6 nitrogen and oxygen atoms in total. The van der Waals surface area contributed by atoms with Gasteiger partial charge in [0.25, 0.3) is 0 Å². The maximum atomic E-state index is 12.4. The second-order valence-corrected chi connectivity index (χ2v) is 10.1. The lowest BCUT2D eigenvalue weighted by atomic mass is 9.86. The Morgan fingerprint density at radius 3 is 1.77 bits per heavy atom. The van der Waals surface area contributed by atoms with Gasteiger partial charge in [-0.3, -0.25) is 0 Å². The smallest absolute Gasteiger partial charge is 0.434 e. The van der Waals surface area contributed by atoms with E-state index in [1.54, 1.807) is 0 Å². The normalized spacial score (nSPS) is 18.4. The summed E-state index contributed by atoms with van der Waals surface area (Å²) in [5.41, 5.74) is -0.420. The second kappa shape index (κ2) is 12.4. The quantitative estimate of drug-likeness (QED) is 0.359. The molecular formula is C24H44O6. The van der Waals surface area contributed by atoms with Gasteiger partial charge in [-0.25, -0.2) is 9.59 Å². The van der Waals surface area contributed by atoms with Gasteiger partial charge in [-0.15, -0.1) is 0 Å². The van der Waals surface area contributed by atoms with Crippen molar-refractivity contribution < 1.29 is 28.5 Å². The summed E-state index contributed by atoms with van der Waals surface area (Å²) in [5, 5.41) is 0. The molecule has 0 N–H and O–H groups in total. The highest BCUT2D eigenvalue weighted by atomic mass is 16.7. The average molecular weight is 429 g/mol. The molecule has 2 unspecified atom stereocenters. The van der Waals surface area contributed by atoms with Crippen LogP contribution >= 0.6 is 0 Å².